The van der Waals surface area contributed by atoms with Crippen LogP contribution in [0.3, 0.4) is 0 Å². The number of pyridine rings is 1. The average molecular weight is 244 g/mol. The summed E-state index contributed by atoms with van der Waals surface area (Å²) in [7, 11) is 1.83. The smallest absolute Gasteiger partial charge is 0.125 e. The van der Waals surface area contributed by atoms with Gasteiger partial charge in [-0.25, -0.2) is 4.98 Å². The van der Waals surface area contributed by atoms with E-state index in [1.165, 1.54) is 0 Å². The van der Waals surface area contributed by atoms with Crippen molar-refractivity contribution < 1.29 is 9.84 Å². The second-order valence-corrected chi connectivity index (χ2v) is 3.89. The maximum Gasteiger partial charge on any atom is 0.125 e. The van der Waals surface area contributed by atoms with Gasteiger partial charge in [0.1, 0.15) is 18.2 Å². The van der Waals surface area contributed by atoms with Crippen molar-refractivity contribution in [2.45, 2.75) is 13.2 Å². The topological polar surface area (TPSA) is 54.4 Å². The van der Waals surface area contributed by atoms with E-state index < -0.39 is 0 Å². The number of aromatic nitrogens is 1. The highest BCUT2D eigenvalue weighted by atomic mass is 16.5. The van der Waals surface area contributed by atoms with E-state index in [1.807, 2.05) is 43.4 Å². The highest BCUT2D eigenvalue weighted by molar-refractivity contribution is 5.34. The number of nitrogens with one attached hydrogen (secondary N) is 1. The molecule has 94 valence electrons. The standard InChI is InChI=1S/C14H16N2O2/c1-15-14-7-4-12(8-16-14)10-18-13-5-2-11(9-17)3-6-13/h2-8,17H,9-10H2,1H3,(H,15,16). The van der Waals surface area contributed by atoms with E-state index >= 15 is 0 Å². The molecular formula is C14H16N2O2. The van der Waals surface area contributed by atoms with Gasteiger partial charge in [0.25, 0.3) is 0 Å². The number of hydrogen-bond acceptors (Lipinski definition) is 4. The van der Waals surface area contributed by atoms with Crippen LogP contribution in [0.4, 0.5) is 5.82 Å². The molecule has 4 heteroatoms. The minimum atomic E-state index is 0.0513. The maximum atomic E-state index is 8.93. The Bertz CT molecular complexity index is 433. The summed E-state index contributed by atoms with van der Waals surface area (Å²) >= 11 is 0. The van der Waals surface area contributed by atoms with Crippen molar-refractivity contribution in [2.75, 3.05) is 12.4 Å². The van der Waals surface area contributed by atoms with Crippen molar-refractivity contribution in [1.82, 2.24) is 4.98 Å². The Morgan fingerprint density at radius 1 is 1.11 bits per heavy atom. The van der Waals surface area contributed by atoms with E-state index in [1.54, 1.807) is 6.20 Å². The first kappa shape index (κ1) is 12.4. The largest absolute Gasteiger partial charge is 0.489 e. The molecule has 0 radical (unpaired) electrons. The van der Waals surface area contributed by atoms with Gasteiger partial charge < -0.3 is 15.2 Å². The van der Waals surface area contributed by atoms with Crippen LogP contribution in [0.5, 0.6) is 5.75 Å². The number of aliphatic hydroxyl groups is 1. The summed E-state index contributed by atoms with van der Waals surface area (Å²) in [6.45, 7) is 0.533. The number of ether oxygens (including phenoxy) is 1. The van der Waals surface area contributed by atoms with Gasteiger partial charge in [-0.15, -0.1) is 0 Å². The predicted molar refractivity (Wildman–Crippen MR) is 70.5 cm³/mol. The van der Waals surface area contributed by atoms with Crippen molar-refractivity contribution in [1.29, 1.82) is 0 Å². The van der Waals surface area contributed by atoms with Crippen LogP contribution < -0.4 is 10.1 Å². The molecule has 1 heterocycles. The minimum Gasteiger partial charge on any atom is -0.489 e. The molecule has 0 spiro atoms. The molecule has 0 saturated carbocycles. The van der Waals surface area contributed by atoms with E-state index in [0.29, 0.717) is 6.61 Å². The molecule has 0 aliphatic carbocycles. The van der Waals surface area contributed by atoms with Crippen LogP contribution >= 0.6 is 0 Å². The predicted octanol–water partition coefficient (Wildman–Crippen LogP) is 2.19. The fraction of sp³-hybridized carbons (Fsp3) is 0.214. The van der Waals surface area contributed by atoms with Gasteiger partial charge in [-0.1, -0.05) is 18.2 Å². The Morgan fingerprint density at radius 3 is 2.39 bits per heavy atom. The molecule has 0 amide bonds. The molecular weight excluding hydrogens is 228 g/mol. The van der Waals surface area contributed by atoms with Crippen LogP contribution in [0, 0.1) is 0 Å². The third kappa shape index (κ3) is 3.21. The summed E-state index contributed by atoms with van der Waals surface area (Å²) in [6.07, 6.45) is 1.79. The summed E-state index contributed by atoms with van der Waals surface area (Å²) in [5.41, 5.74) is 1.89. The summed E-state index contributed by atoms with van der Waals surface area (Å²) < 4.78 is 5.62. The fourth-order valence-corrected chi connectivity index (χ4v) is 1.52. The first-order valence-electron chi connectivity index (χ1n) is 5.77. The third-order valence-corrected chi connectivity index (χ3v) is 2.59. The lowest BCUT2D eigenvalue weighted by Crippen LogP contribution is -1.98. The maximum absolute atomic E-state index is 8.93. The van der Waals surface area contributed by atoms with Crippen molar-refractivity contribution in [3.63, 3.8) is 0 Å². The zero-order valence-electron chi connectivity index (χ0n) is 10.3. The highest BCUT2D eigenvalue weighted by Gasteiger charge is 1.98. The van der Waals surface area contributed by atoms with Gasteiger partial charge in [0, 0.05) is 18.8 Å². The van der Waals surface area contributed by atoms with Gasteiger partial charge in [-0.2, -0.15) is 0 Å². The molecule has 0 unspecified atom stereocenters. The lowest BCUT2D eigenvalue weighted by molar-refractivity contribution is 0.280. The average Bonchev–Trinajstić information content (AvgIpc) is 2.46. The van der Waals surface area contributed by atoms with E-state index in [4.69, 9.17) is 9.84 Å². The van der Waals surface area contributed by atoms with Crippen LogP contribution in [-0.2, 0) is 13.2 Å². The molecule has 4 nitrogen and oxygen atoms in total. The molecule has 0 aliphatic rings. The molecule has 1 aromatic carbocycles. The van der Waals surface area contributed by atoms with Crippen LogP contribution in [0.25, 0.3) is 0 Å². The molecule has 1 aromatic heterocycles. The summed E-state index contributed by atoms with van der Waals surface area (Å²) in [6, 6.07) is 11.3. The van der Waals surface area contributed by atoms with Crippen LogP contribution in [0.15, 0.2) is 42.6 Å². The minimum absolute atomic E-state index is 0.0513. The zero-order chi connectivity index (χ0) is 12.8. The molecule has 0 atom stereocenters. The summed E-state index contributed by atoms with van der Waals surface area (Å²) in [5.74, 6) is 1.62. The van der Waals surface area contributed by atoms with Crippen LogP contribution in [0.2, 0.25) is 0 Å². The number of rotatable bonds is 5. The monoisotopic (exact) mass is 244 g/mol. The Labute approximate surface area is 106 Å². The van der Waals surface area contributed by atoms with E-state index in [2.05, 4.69) is 10.3 Å². The van der Waals surface area contributed by atoms with Gasteiger partial charge in [0.2, 0.25) is 0 Å². The first-order chi connectivity index (χ1) is 8.81. The molecule has 0 aliphatic heterocycles. The number of aliphatic hydroxyl groups excluding tert-OH is 1. The van der Waals surface area contributed by atoms with Crippen molar-refractivity contribution in [2.24, 2.45) is 0 Å². The van der Waals surface area contributed by atoms with Gasteiger partial charge in [-0.3, -0.25) is 0 Å². The quantitative estimate of drug-likeness (QED) is 0.846. The van der Waals surface area contributed by atoms with Crippen molar-refractivity contribution in [3.8, 4) is 5.75 Å². The van der Waals surface area contributed by atoms with Gasteiger partial charge in [0.05, 0.1) is 6.61 Å². The fourth-order valence-electron chi connectivity index (χ4n) is 1.52. The summed E-state index contributed by atoms with van der Waals surface area (Å²) in [4.78, 5) is 4.21. The number of nitrogens with zero attached hydrogens (tertiary/aromatic N) is 1. The lowest BCUT2D eigenvalue weighted by Gasteiger charge is -2.07. The molecule has 2 rings (SSSR count). The Kier molecular flexibility index (Phi) is 4.15. The second-order valence-electron chi connectivity index (χ2n) is 3.89. The number of anilines is 1. The molecule has 2 aromatic rings. The summed E-state index contributed by atoms with van der Waals surface area (Å²) in [5, 5.41) is 11.9. The van der Waals surface area contributed by atoms with E-state index in [-0.39, 0.29) is 6.61 Å². The normalized spacial score (nSPS) is 10.1. The third-order valence-electron chi connectivity index (χ3n) is 2.59. The van der Waals surface area contributed by atoms with Crippen molar-refractivity contribution >= 4 is 5.82 Å². The second kappa shape index (κ2) is 6.02. The van der Waals surface area contributed by atoms with Crippen molar-refractivity contribution in [3.05, 3.63) is 53.7 Å². The Morgan fingerprint density at radius 2 is 1.83 bits per heavy atom. The Hall–Kier alpha value is -2.07. The van der Waals surface area contributed by atoms with Crippen LogP contribution in [0.1, 0.15) is 11.1 Å². The molecule has 0 bridgehead atoms. The zero-order valence-corrected chi connectivity index (χ0v) is 10.3. The molecule has 0 saturated heterocycles. The molecule has 0 fully saturated rings. The number of benzene rings is 1. The van der Waals surface area contributed by atoms with Crippen LogP contribution in [-0.4, -0.2) is 17.1 Å². The Balaban J connectivity index is 1.93. The highest BCUT2D eigenvalue weighted by Crippen LogP contribution is 2.14. The van der Waals surface area contributed by atoms with E-state index in [9.17, 15) is 0 Å². The SMILES string of the molecule is CNc1ccc(COc2ccc(CO)cc2)cn1. The molecule has 2 N–H and O–H groups in total. The number of hydrogen-bond donors (Lipinski definition) is 2. The van der Waals surface area contributed by atoms with Gasteiger partial charge in [0.15, 0.2) is 0 Å². The van der Waals surface area contributed by atoms with Gasteiger partial charge in [-0.05, 0) is 23.8 Å². The first-order valence-corrected chi connectivity index (χ1v) is 5.77. The molecule has 18 heavy (non-hydrogen) atoms. The van der Waals surface area contributed by atoms with E-state index in [0.717, 1.165) is 22.7 Å². The van der Waals surface area contributed by atoms with Gasteiger partial charge >= 0.3 is 0 Å². The lowest BCUT2D eigenvalue weighted by atomic mass is 10.2.